The van der Waals surface area contributed by atoms with Crippen molar-refractivity contribution in [1.29, 1.82) is 0 Å². The zero-order valence-corrected chi connectivity index (χ0v) is 70.8. The minimum absolute atomic E-state index is 0.0224. The predicted octanol–water partition coefficient (Wildman–Crippen LogP) is 18.2. The number of unbranched alkanes of at least 4 members (excludes halogenated alkanes) is 3. The van der Waals surface area contributed by atoms with Crippen LogP contribution in [0.3, 0.4) is 0 Å². The zero-order valence-electron chi connectivity index (χ0n) is 65.9. The molecular formula is C76H150O16S6. The fourth-order valence-electron chi connectivity index (χ4n) is 7.45. The third-order valence-corrected chi connectivity index (χ3v) is 19.0. The minimum atomic E-state index is -0.103. The second-order valence-corrected chi connectivity index (χ2v) is 39.0. The Morgan fingerprint density at radius 2 is 0.459 bits per heavy atom. The van der Waals surface area contributed by atoms with Crippen molar-refractivity contribution in [2.24, 2.45) is 32.5 Å². The molecule has 0 radical (unpaired) electrons. The quantitative estimate of drug-likeness (QED) is 0.0318. The molecule has 0 N–H and O–H groups in total. The van der Waals surface area contributed by atoms with Gasteiger partial charge in [-0.3, -0.25) is 19.2 Å². The minimum Gasteiger partial charge on any atom is -0.466 e. The molecule has 0 saturated carbocycles. The van der Waals surface area contributed by atoms with Gasteiger partial charge in [-0.05, 0) is 144 Å². The molecule has 0 aliphatic heterocycles. The van der Waals surface area contributed by atoms with Crippen molar-refractivity contribution in [3.05, 3.63) is 0 Å². The van der Waals surface area contributed by atoms with Gasteiger partial charge in [0.1, 0.15) is 0 Å². The highest BCUT2D eigenvalue weighted by Crippen LogP contribution is 2.22. The molecule has 98 heavy (non-hydrogen) atoms. The van der Waals surface area contributed by atoms with Gasteiger partial charge in [0.25, 0.3) is 0 Å². The first-order valence-electron chi connectivity index (χ1n) is 36.9. The molecule has 22 heteroatoms. The van der Waals surface area contributed by atoms with E-state index in [9.17, 15) is 19.2 Å². The number of esters is 4. The molecular weight excluding hydrogens is 1360 g/mol. The van der Waals surface area contributed by atoms with Crippen LogP contribution in [0.4, 0.5) is 0 Å². The Morgan fingerprint density at radius 3 is 0.745 bits per heavy atom. The second kappa shape index (κ2) is 68.5. The highest BCUT2D eigenvalue weighted by Gasteiger charge is 2.17. The summed E-state index contributed by atoms with van der Waals surface area (Å²) in [5.74, 6) is 12.0. The van der Waals surface area contributed by atoms with Gasteiger partial charge in [0.2, 0.25) is 0 Å². The maximum absolute atomic E-state index is 11.7. The van der Waals surface area contributed by atoms with Crippen LogP contribution in [0.5, 0.6) is 0 Å². The highest BCUT2D eigenvalue weighted by atomic mass is 32.2. The number of ether oxygens (including phenoxy) is 12. The van der Waals surface area contributed by atoms with Gasteiger partial charge >= 0.3 is 23.9 Å². The van der Waals surface area contributed by atoms with Crippen molar-refractivity contribution in [1.82, 2.24) is 0 Å². The van der Waals surface area contributed by atoms with Crippen LogP contribution in [0, 0.1) is 32.5 Å². The van der Waals surface area contributed by atoms with Crippen molar-refractivity contribution < 1.29 is 76.0 Å². The van der Waals surface area contributed by atoms with Gasteiger partial charge in [0.15, 0.2) is 0 Å². The van der Waals surface area contributed by atoms with Gasteiger partial charge < -0.3 is 56.8 Å². The average molecular weight is 1510 g/mol. The SMILES string of the molecule is CC(C)(C)CCCOC(=O)CCCCSCCOCCOCCSCCCCC(=O)OCCC(C)(C)C.CC(C)(C)COC(=O)CCCCSCCOCCOCCSCCCC(=O)OCC(C)(C)C.CC(C)(C)COCCCSCCOCCOCCSCCCOCC(C)(C)C. The summed E-state index contributed by atoms with van der Waals surface area (Å²) in [7, 11) is 0. The summed E-state index contributed by atoms with van der Waals surface area (Å²) in [5.41, 5.74) is 1.09. The van der Waals surface area contributed by atoms with E-state index in [2.05, 4.69) is 125 Å². The molecule has 0 heterocycles. The fraction of sp³-hybridized carbons (Fsp3) is 0.947. The standard InChI is InChI=1S/C29H56O6S2.C25H48O6S2.C22H46O4S2/c1-28(2,3)14-11-16-34-26(30)12-7-9-22-36-24-20-32-18-19-33-21-25-37-23-10-8-13-27(31)35-17-15-29(4,5)6;1-24(2,3)20-30-22(26)10-7-8-16-32-18-14-28-12-13-29-15-19-33-17-9-11-23(27)31-21-25(4,5)6;1-21(2,3)19-25-9-7-15-27-17-13-23-11-12-24-14-18-28-16-8-10-26-20-22(4,5)6/h7-25H2,1-6H3;7-21H2,1-6H3;7-20H2,1-6H3. The Hall–Kier alpha value is -0.340. The summed E-state index contributed by atoms with van der Waals surface area (Å²) >= 11 is 11.3. The predicted molar refractivity (Wildman–Crippen MR) is 425 cm³/mol. The van der Waals surface area contributed by atoms with Crippen molar-refractivity contribution in [2.75, 3.05) is 201 Å². The maximum atomic E-state index is 11.7. The molecule has 16 nitrogen and oxygen atoms in total. The zero-order chi connectivity index (χ0) is 74.0. The Morgan fingerprint density at radius 1 is 0.204 bits per heavy atom. The molecule has 0 aromatic rings. The number of rotatable bonds is 63. The van der Waals surface area contributed by atoms with Crippen molar-refractivity contribution in [3.8, 4) is 0 Å². The number of hydrogen-bond acceptors (Lipinski definition) is 22. The number of hydrogen-bond donors (Lipinski definition) is 0. The van der Waals surface area contributed by atoms with Gasteiger partial charge in [0.05, 0.1) is 119 Å². The van der Waals surface area contributed by atoms with Gasteiger partial charge in [-0.15, -0.1) is 0 Å². The van der Waals surface area contributed by atoms with Crippen molar-refractivity contribution >= 4 is 94.4 Å². The van der Waals surface area contributed by atoms with Crippen molar-refractivity contribution in [2.45, 2.75) is 227 Å². The van der Waals surface area contributed by atoms with Crippen LogP contribution in [-0.4, -0.2) is 225 Å². The molecule has 0 bridgehead atoms. The molecule has 0 rings (SSSR count). The maximum Gasteiger partial charge on any atom is 0.305 e. The normalized spacial score (nSPS) is 12.2. The van der Waals surface area contributed by atoms with Crippen molar-refractivity contribution in [3.63, 3.8) is 0 Å². The van der Waals surface area contributed by atoms with E-state index < -0.39 is 0 Å². The van der Waals surface area contributed by atoms with Crippen LogP contribution < -0.4 is 0 Å². The molecule has 0 fully saturated rings. The third-order valence-electron chi connectivity index (χ3n) is 12.8. The Labute approximate surface area is 627 Å². The summed E-state index contributed by atoms with van der Waals surface area (Å²) < 4.78 is 66.0. The van der Waals surface area contributed by atoms with E-state index >= 15 is 0 Å². The largest absolute Gasteiger partial charge is 0.466 e. The molecule has 0 spiro atoms. The van der Waals surface area contributed by atoms with E-state index in [4.69, 9.17) is 56.8 Å². The van der Waals surface area contributed by atoms with Gasteiger partial charge in [-0.1, -0.05) is 125 Å². The lowest BCUT2D eigenvalue weighted by molar-refractivity contribution is -0.147. The van der Waals surface area contributed by atoms with E-state index in [1.54, 1.807) is 11.8 Å². The summed E-state index contributed by atoms with van der Waals surface area (Å²) in [6, 6.07) is 0. The first kappa shape index (κ1) is 102. The van der Waals surface area contributed by atoms with E-state index in [0.717, 1.165) is 206 Å². The third kappa shape index (κ3) is 99.8. The molecule has 0 unspecified atom stereocenters. The van der Waals surface area contributed by atoms with Crippen LogP contribution in [0.2, 0.25) is 0 Å². The van der Waals surface area contributed by atoms with E-state index in [0.29, 0.717) is 104 Å². The fourth-order valence-corrected chi connectivity index (χ4v) is 12.3. The van der Waals surface area contributed by atoms with E-state index in [1.807, 2.05) is 58.8 Å². The van der Waals surface area contributed by atoms with Gasteiger partial charge in [-0.25, -0.2) is 0 Å². The van der Waals surface area contributed by atoms with Gasteiger partial charge in [0, 0.05) is 73.4 Å². The Balaban J connectivity index is -0.00000139. The van der Waals surface area contributed by atoms with E-state index in [1.165, 1.54) is 0 Å². The number of carbonyl (C=O) groups is 4. The molecule has 0 amide bonds. The van der Waals surface area contributed by atoms with Gasteiger partial charge in [-0.2, -0.15) is 70.6 Å². The smallest absolute Gasteiger partial charge is 0.305 e. The van der Waals surface area contributed by atoms with E-state index in [-0.39, 0.29) is 51.0 Å². The lowest BCUT2D eigenvalue weighted by atomic mass is 9.91. The first-order valence-corrected chi connectivity index (χ1v) is 43.8. The molecule has 0 saturated heterocycles. The molecule has 0 aromatic carbocycles. The Bertz CT molecular complexity index is 1700. The van der Waals surface area contributed by atoms with Crippen LogP contribution in [-0.2, 0) is 76.0 Å². The topological polar surface area (TPSA) is 179 Å². The monoisotopic (exact) mass is 1510 g/mol. The number of carbonyl (C=O) groups excluding carboxylic acids is 4. The lowest BCUT2D eigenvalue weighted by Gasteiger charge is -2.17. The highest BCUT2D eigenvalue weighted by molar-refractivity contribution is 8.00. The summed E-state index contributed by atoms with van der Waals surface area (Å²) in [4.78, 5) is 46.7. The number of thioether (sulfide) groups is 6. The second-order valence-electron chi connectivity index (χ2n) is 31.6. The summed E-state index contributed by atoms with van der Waals surface area (Å²) in [6.45, 7) is 52.4. The Kier molecular flexibility index (Phi) is 71.1. The molecule has 586 valence electrons. The molecule has 0 aliphatic carbocycles. The first-order chi connectivity index (χ1) is 46.2. The molecule has 0 aromatic heterocycles. The lowest BCUT2D eigenvalue weighted by Crippen LogP contribution is -2.18. The van der Waals surface area contributed by atoms with Crippen LogP contribution in [0.1, 0.15) is 227 Å². The van der Waals surface area contributed by atoms with Crippen LogP contribution in [0.15, 0.2) is 0 Å². The van der Waals surface area contributed by atoms with Crippen LogP contribution in [0.25, 0.3) is 0 Å². The summed E-state index contributed by atoms with van der Waals surface area (Å²) in [5, 5.41) is 0. The summed E-state index contributed by atoms with van der Waals surface area (Å²) in [6.07, 6.45) is 13.8. The average Bonchev–Trinajstić information content (AvgIpc) is 2.06. The van der Waals surface area contributed by atoms with Crippen LogP contribution >= 0.6 is 70.6 Å². The molecule has 0 aliphatic rings. The molecule has 0 atom stereocenters.